The maximum atomic E-state index is 5.93. The molecule has 0 unspecified atom stereocenters. The van der Waals surface area contributed by atoms with E-state index in [-0.39, 0.29) is 6.10 Å². The molecule has 4 nitrogen and oxygen atoms in total. The molecule has 118 valence electrons. The number of nitrogens with one attached hydrogen (secondary N) is 2. The second-order valence-corrected chi connectivity index (χ2v) is 7.04. The van der Waals surface area contributed by atoms with Gasteiger partial charge < -0.3 is 20.1 Å². The Hall–Kier alpha value is -1.49. The summed E-state index contributed by atoms with van der Waals surface area (Å²) in [4.78, 5) is 0. The highest BCUT2D eigenvalue weighted by Gasteiger charge is 2.39. The van der Waals surface area contributed by atoms with Crippen LogP contribution in [-0.2, 0) is 0 Å². The molecule has 0 saturated heterocycles. The first-order chi connectivity index (χ1) is 10.8. The van der Waals surface area contributed by atoms with E-state index in [9.17, 15) is 0 Å². The lowest BCUT2D eigenvalue weighted by atomic mass is 9.96. The molecule has 0 spiro atoms. The predicted molar refractivity (Wildman–Crippen MR) is 89.3 cm³/mol. The lowest BCUT2D eigenvalue weighted by molar-refractivity contribution is 0.0937. The van der Waals surface area contributed by atoms with Gasteiger partial charge in [0, 0.05) is 6.04 Å². The van der Waals surface area contributed by atoms with E-state index in [1.807, 2.05) is 24.3 Å². The fraction of sp³-hybridized carbons (Fsp3) is 0.588. The van der Waals surface area contributed by atoms with Crippen LogP contribution in [0.2, 0.25) is 0 Å². The van der Waals surface area contributed by atoms with Crippen molar-refractivity contribution in [3.63, 3.8) is 0 Å². The molecule has 4 atom stereocenters. The van der Waals surface area contributed by atoms with Gasteiger partial charge in [0.05, 0.1) is 6.54 Å². The van der Waals surface area contributed by atoms with Gasteiger partial charge in [-0.15, -0.1) is 0 Å². The zero-order valence-electron chi connectivity index (χ0n) is 12.6. The SMILES string of the molecule is S=C(NC[C@H]1COc2ccccc2O1)N[C@H]1C[C@H]2CC[C@H]1C2. The van der Waals surface area contributed by atoms with Gasteiger partial charge in [0.25, 0.3) is 0 Å². The van der Waals surface area contributed by atoms with E-state index in [1.54, 1.807) is 0 Å². The Morgan fingerprint density at radius 2 is 2.05 bits per heavy atom. The maximum Gasteiger partial charge on any atom is 0.166 e. The monoisotopic (exact) mass is 318 g/mol. The second-order valence-electron chi connectivity index (χ2n) is 6.63. The number of ether oxygens (including phenoxy) is 2. The van der Waals surface area contributed by atoms with Crippen molar-refractivity contribution in [1.82, 2.24) is 10.6 Å². The summed E-state index contributed by atoms with van der Waals surface area (Å²) in [5.74, 6) is 3.39. The Bertz CT molecular complexity index is 565. The van der Waals surface area contributed by atoms with E-state index in [1.165, 1.54) is 25.7 Å². The zero-order chi connectivity index (χ0) is 14.9. The summed E-state index contributed by atoms with van der Waals surface area (Å²) >= 11 is 5.43. The average molecular weight is 318 g/mol. The first kappa shape index (κ1) is 14.1. The van der Waals surface area contributed by atoms with Crippen LogP contribution in [0.5, 0.6) is 11.5 Å². The van der Waals surface area contributed by atoms with Crippen molar-refractivity contribution in [3.05, 3.63) is 24.3 Å². The number of fused-ring (bicyclic) bond motifs is 3. The van der Waals surface area contributed by atoms with Crippen LogP contribution in [0.15, 0.2) is 24.3 Å². The second kappa shape index (κ2) is 5.95. The van der Waals surface area contributed by atoms with E-state index in [4.69, 9.17) is 21.7 Å². The molecule has 0 amide bonds. The molecule has 4 rings (SSSR count). The van der Waals surface area contributed by atoms with E-state index in [0.29, 0.717) is 19.2 Å². The van der Waals surface area contributed by atoms with Gasteiger partial charge in [-0.05, 0) is 55.4 Å². The smallest absolute Gasteiger partial charge is 0.166 e. The van der Waals surface area contributed by atoms with Crippen LogP contribution in [0.4, 0.5) is 0 Å². The third-order valence-corrected chi connectivity index (χ3v) is 5.37. The van der Waals surface area contributed by atoms with Gasteiger partial charge in [0.2, 0.25) is 0 Å². The Kier molecular flexibility index (Phi) is 3.82. The van der Waals surface area contributed by atoms with E-state index in [0.717, 1.165) is 28.4 Å². The molecule has 2 bridgehead atoms. The summed E-state index contributed by atoms with van der Waals surface area (Å²) in [7, 11) is 0. The van der Waals surface area contributed by atoms with Gasteiger partial charge >= 0.3 is 0 Å². The van der Waals surface area contributed by atoms with Crippen LogP contribution in [-0.4, -0.2) is 30.4 Å². The molecule has 2 N–H and O–H groups in total. The standard InChI is InChI=1S/C17H22N2O2S/c22-17(19-14-8-11-5-6-12(14)7-11)18-9-13-10-20-15-3-1-2-4-16(15)21-13/h1-4,11-14H,5-10H2,(H2,18,19,22)/t11-,12-,13-,14-/m0/s1. The van der Waals surface area contributed by atoms with Crippen LogP contribution < -0.4 is 20.1 Å². The van der Waals surface area contributed by atoms with Gasteiger partial charge in [-0.2, -0.15) is 0 Å². The minimum absolute atomic E-state index is 0.00493. The molecule has 1 heterocycles. The third-order valence-electron chi connectivity index (χ3n) is 5.11. The van der Waals surface area contributed by atoms with E-state index in [2.05, 4.69) is 10.6 Å². The molecule has 22 heavy (non-hydrogen) atoms. The van der Waals surface area contributed by atoms with E-state index < -0.39 is 0 Å². The summed E-state index contributed by atoms with van der Waals surface area (Å²) in [6, 6.07) is 8.35. The van der Waals surface area contributed by atoms with Crippen molar-refractivity contribution in [3.8, 4) is 11.5 Å². The summed E-state index contributed by atoms with van der Waals surface area (Å²) < 4.78 is 11.6. The molecule has 0 aromatic heterocycles. The minimum Gasteiger partial charge on any atom is -0.486 e. The summed E-state index contributed by atoms with van der Waals surface area (Å²) in [5.41, 5.74) is 0. The Morgan fingerprint density at radius 1 is 1.18 bits per heavy atom. The van der Waals surface area contributed by atoms with Crippen LogP contribution >= 0.6 is 12.2 Å². The highest BCUT2D eigenvalue weighted by molar-refractivity contribution is 7.80. The molecule has 1 aliphatic heterocycles. The first-order valence-electron chi connectivity index (χ1n) is 8.21. The van der Waals surface area contributed by atoms with Crippen molar-refractivity contribution in [1.29, 1.82) is 0 Å². The summed E-state index contributed by atoms with van der Waals surface area (Å²) in [6.07, 6.45) is 5.44. The molecule has 3 aliphatic rings. The molecule has 5 heteroatoms. The normalized spacial score (nSPS) is 31.8. The third kappa shape index (κ3) is 2.86. The number of rotatable bonds is 3. The number of thiocarbonyl (C=S) groups is 1. The van der Waals surface area contributed by atoms with Gasteiger partial charge in [-0.3, -0.25) is 0 Å². The average Bonchev–Trinajstić information content (AvgIpc) is 3.15. The Morgan fingerprint density at radius 3 is 2.82 bits per heavy atom. The molecular formula is C17H22N2O2S. The number of hydrogen-bond donors (Lipinski definition) is 2. The number of benzene rings is 1. The van der Waals surface area contributed by atoms with Crippen molar-refractivity contribution in [2.24, 2.45) is 11.8 Å². The van der Waals surface area contributed by atoms with Crippen molar-refractivity contribution in [2.45, 2.75) is 37.8 Å². The molecule has 0 radical (unpaired) electrons. The molecule has 2 fully saturated rings. The lowest BCUT2D eigenvalue weighted by Crippen LogP contribution is -2.48. The molecule has 1 aromatic carbocycles. The lowest BCUT2D eigenvalue weighted by Gasteiger charge is -2.28. The number of hydrogen-bond acceptors (Lipinski definition) is 3. The van der Waals surface area contributed by atoms with Crippen LogP contribution in [0.3, 0.4) is 0 Å². The van der Waals surface area contributed by atoms with Crippen molar-refractivity contribution >= 4 is 17.3 Å². The summed E-state index contributed by atoms with van der Waals surface area (Å²) in [6.45, 7) is 1.22. The topological polar surface area (TPSA) is 42.5 Å². The largest absolute Gasteiger partial charge is 0.486 e. The first-order valence-corrected chi connectivity index (χ1v) is 8.61. The van der Waals surface area contributed by atoms with Crippen LogP contribution in [0.1, 0.15) is 25.7 Å². The Balaban J connectivity index is 1.24. The molecule has 2 aliphatic carbocycles. The Labute approximate surface area is 136 Å². The predicted octanol–water partition coefficient (Wildman–Crippen LogP) is 2.48. The molecular weight excluding hydrogens is 296 g/mol. The van der Waals surface area contributed by atoms with E-state index >= 15 is 0 Å². The van der Waals surface area contributed by atoms with Gasteiger partial charge in [0.15, 0.2) is 16.6 Å². The molecule has 2 saturated carbocycles. The van der Waals surface area contributed by atoms with Gasteiger partial charge in [0.1, 0.15) is 12.7 Å². The van der Waals surface area contributed by atoms with Crippen molar-refractivity contribution < 1.29 is 9.47 Å². The fourth-order valence-corrected chi connectivity index (χ4v) is 4.25. The van der Waals surface area contributed by atoms with Gasteiger partial charge in [-0.25, -0.2) is 0 Å². The maximum absolute atomic E-state index is 5.93. The summed E-state index contributed by atoms with van der Waals surface area (Å²) in [5, 5.41) is 7.53. The highest BCUT2D eigenvalue weighted by atomic mass is 32.1. The quantitative estimate of drug-likeness (QED) is 0.838. The zero-order valence-corrected chi connectivity index (χ0v) is 13.4. The minimum atomic E-state index is -0.00493. The van der Waals surface area contributed by atoms with Crippen molar-refractivity contribution in [2.75, 3.05) is 13.2 Å². The highest BCUT2D eigenvalue weighted by Crippen LogP contribution is 2.44. The van der Waals surface area contributed by atoms with Gasteiger partial charge in [-0.1, -0.05) is 18.6 Å². The fourth-order valence-electron chi connectivity index (χ4n) is 4.01. The van der Waals surface area contributed by atoms with Crippen LogP contribution in [0, 0.1) is 11.8 Å². The number of para-hydroxylation sites is 2. The van der Waals surface area contributed by atoms with Crippen LogP contribution in [0.25, 0.3) is 0 Å². The molecule has 1 aromatic rings.